The average molecular weight is 429 g/mol. The Labute approximate surface area is 137 Å². The number of hydrogen-bond acceptors (Lipinski definition) is 1. The molecule has 1 heterocycles. The number of carbonyl (C=O) groups excluding carboxylic acids is 1. The molecule has 0 aliphatic carbocycles. The molecule has 0 N–H and O–H groups in total. The number of nitrogens with zero attached hydrogens (tertiary/aromatic N) is 1. The van der Waals surface area contributed by atoms with Gasteiger partial charge in [-0.1, -0.05) is 55.6 Å². The van der Waals surface area contributed by atoms with Crippen molar-refractivity contribution in [3.05, 3.63) is 39.3 Å². The zero-order chi connectivity index (χ0) is 14.9. The van der Waals surface area contributed by atoms with E-state index < -0.39 is 17.8 Å². The molecule has 1 unspecified atom stereocenters. The van der Waals surface area contributed by atoms with Crippen LogP contribution in [0.5, 0.6) is 0 Å². The van der Waals surface area contributed by atoms with Crippen LogP contribution in [-0.2, 0) is 4.79 Å². The summed E-state index contributed by atoms with van der Waals surface area (Å²) in [7, 11) is 0. The SMILES string of the molecule is O=C1C(Br)CC=C(c2ccc(Cl)cc2Br)N1CC(F)F. The van der Waals surface area contributed by atoms with Crippen LogP contribution in [0.25, 0.3) is 5.70 Å². The molecule has 1 aromatic carbocycles. The van der Waals surface area contributed by atoms with Crippen LogP contribution in [0.1, 0.15) is 12.0 Å². The molecule has 1 aliphatic rings. The Morgan fingerprint density at radius 2 is 2.15 bits per heavy atom. The number of carbonyl (C=O) groups is 1. The van der Waals surface area contributed by atoms with Crippen molar-refractivity contribution in [3.8, 4) is 0 Å². The van der Waals surface area contributed by atoms with E-state index in [1.165, 1.54) is 0 Å². The Morgan fingerprint density at radius 3 is 2.75 bits per heavy atom. The highest BCUT2D eigenvalue weighted by Crippen LogP contribution is 2.34. The molecule has 2 nitrogen and oxygen atoms in total. The van der Waals surface area contributed by atoms with Gasteiger partial charge in [0, 0.05) is 20.8 Å². The minimum Gasteiger partial charge on any atom is -0.305 e. The highest BCUT2D eigenvalue weighted by molar-refractivity contribution is 9.10. The minimum atomic E-state index is -2.59. The summed E-state index contributed by atoms with van der Waals surface area (Å²) in [6.07, 6.45) is -0.355. The molecule has 7 heteroatoms. The van der Waals surface area contributed by atoms with Crippen LogP contribution in [-0.4, -0.2) is 28.6 Å². The van der Waals surface area contributed by atoms with Crippen molar-refractivity contribution >= 4 is 55.1 Å². The quantitative estimate of drug-likeness (QED) is 0.638. The van der Waals surface area contributed by atoms with Gasteiger partial charge in [-0.25, -0.2) is 8.78 Å². The van der Waals surface area contributed by atoms with Gasteiger partial charge in [-0.3, -0.25) is 4.79 Å². The number of hydrogen-bond donors (Lipinski definition) is 0. The second kappa shape index (κ2) is 6.54. The Morgan fingerprint density at radius 1 is 1.45 bits per heavy atom. The van der Waals surface area contributed by atoms with Crippen LogP contribution in [0.2, 0.25) is 5.02 Å². The molecule has 0 radical (unpaired) electrons. The fraction of sp³-hybridized carbons (Fsp3) is 0.308. The van der Waals surface area contributed by atoms with E-state index in [-0.39, 0.29) is 5.91 Å². The molecular formula is C13H10Br2ClF2NO. The molecule has 1 aliphatic heterocycles. The Kier molecular flexibility index (Phi) is 5.20. The zero-order valence-electron chi connectivity index (χ0n) is 10.1. The molecule has 1 aromatic rings. The normalized spacial score (nSPS) is 19.5. The summed E-state index contributed by atoms with van der Waals surface area (Å²) in [6, 6.07) is 5.04. The van der Waals surface area contributed by atoms with Gasteiger partial charge in [0.05, 0.1) is 11.4 Å². The lowest BCUT2D eigenvalue weighted by Gasteiger charge is -2.31. The van der Waals surface area contributed by atoms with Crippen LogP contribution >= 0.6 is 43.5 Å². The van der Waals surface area contributed by atoms with Crippen LogP contribution in [0, 0.1) is 0 Å². The van der Waals surface area contributed by atoms with Gasteiger partial charge in [0.2, 0.25) is 5.91 Å². The van der Waals surface area contributed by atoms with Gasteiger partial charge in [0.15, 0.2) is 0 Å². The summed E-state index contributed by atoms with van der Waals surface area (Å²) in [6.45, 7) is -0.623. The molecule has 0 aromatic heterocycles. The summed E-state index contributed by atoms with van der Waals surface area (Å²) in [4.78, 5) is 12.7. The predicted molar refractivity (Wildman–Crippen MR) is 82.2 cm³/mol. The van der Waals surface area contributed by atoms with Crippen LogP contribution in [0.4, 0.5) is 8.78 Å². The molecule has 0 bridgehead atoms. The van der Waals surface area contributed by atoms with Gasteiger partial charge in [-0.15, -0.1) is 0 Å². The number of benzene rings is 1. The third kappa shape index (κ3) is 3.40. The fourth-order valence-electron chi connectivity index (χ4n) is 1.99. The minimum absolute atomic E-state index is 0.357. The third-order valence-electron chi connectivity index (χ3n) is 2.87. The second-order valence-corrected chi connectivity index (χ2v) is 6.65. The molecule has 2 rings (SSSR count). The molecule has 0 spiro atoms. The summed E-state index contributed by atoms with van der Waals surface area (Å²) < 4.78 is 26.1. The maximum atomic E-state index is 12.7. The van der Waals surface area contributed by atoms with Gasteiger partial charge in [-0.05, 0) is 18.6 Å². The largest absolute Gasteiger partial charge is 0.305 e. The third-order valence-corrected chi connectivity index (χ3v) is 4.53. The Hall–Kier alpha value is -0.460. The van der Waals surface area contributed by atoms with Crippen molar-refractivity contribution in [3.63, 3.8) is 0 Å². The molecule has 0 saturated heterocycles. The monoisotopic (exact) mass is 427 g/mol. The highest BCUT2D eigenvalue weighted by atomic mass is 79.9. The second-order valence-electron chi connectivity index (χ2n) is 4.26. The number of amides is 1. The molecule has 20 heavy (non-hydrogen) atoms. The molecule has 0 saturated carbocycles. The van der Waals surface area contributed by atoms with Gasteiger partial charge in [0.1, 0.15) is 0 Å². The van der Waals surface area contributed by atoms with E-state index >= 15 is 0 Å². The first-order valence-corrected chi connectivity index (χ1v) is 7.88. The molecular weight excluding hydrogens is 419 g/mol. The first kappa shape index (κ1) is 15.9. The molecule has 108 valence electrons. The van der Waals surface area contributed by atoms with Crippen LogP contribution in [0.15, 0.2) is 28.7 Å². The first-order valence-electron chi connectivity index (χ1n) is 5.79. The van der Waals surface area contributed by atoms with Crippen molar-refractivity contribution in [2.24, 2.45) is 0 Å². The van der Waals surface area contributed by atoms with E-state index in [4.69, 9.17) is 11.6 Å². The smallest absolute Gasteiger partial charge is 0.256 e. The molecule has 1 amide bonds. The Balaban J connectivity index is 2.43. The standard InChI is InChI=1S/C13H10Br2ClF2NO/c14-9-3-4-11(19(13(9)20)6-12(17)18)8-2-1-7(16)5-10(8)15/h1-2,4-5,9,12H,3,6H2. The Bertz CT molecular complexity index is 565. The lowest BCUT2D eigenvalue weighted by molar-refractivity contribution is -0.129. The maximum Gasteiger partial charge on any atom is 0.256 e. The summed E-state index contributed by atoms with van der Waals surface area (Å²) in [5.41, 5.74) is 1.15. The number of allylic oxidation sites excluding steroid dienone is 1. The number of alkyl halides is 3. The zero-order valence-corrected chi connectivity index (χ0v) is 14.1. The van der Waals surface area contributed by atoms with Crippen molar-refractivity contribution in [2.75, 3.05) is 6.54 Å². The van der Waals surface area contributed by atoms with E-state index in [2.05, 4.69) is 31.9 Å². The average Bonchev–Trinajstić information content (AvgIpc) is 2.36. The molecule has 1 atom stereocenters. The van der Waals surface area contributed by atoms with Crippen molar-refractivity contribution in [2.45, 2.75) is 17.7 Å². The van der Waals surface area contributed by atoms with Crippen LogP contribution in [0.3, 0.4) is 0 Å². The summed E-state index contributed by atoms with van der Waals surface area (Å²) in [5, 5.41) is 0.530. The van der Waals surface area contributed by atoms with E-state index in [1.54, 1.807) is 24.3 Å². The van der Waals surface area contributed by atoms with Gasteiger partial charge in [-0.2, -0.15) is 0 Å². The van der Waals surface area contributed by atoms with E-state index in [0.717, 1.165) is 4.90 Å². The predicted octanol–water partition coefficient (Wildman–Crippen LogP) is 4.70. The lowest BCUT2D eigenvalue weighted by Crippen LogP contribution is -2.41. The van der Waals surface area contributed by atoms with Crippen LogP contribution < -0.4 is 0 Å². The van der Waals surface area contributed by atoms with E-state index in [9.17, 15) is 13.6 Å². The maximum absolute atomic E-state index is 12.7. The number of halogens is 5. The van der Waals surface area contributed by atoms with Crippen molar-refractivity contribution in [1.29, 1.82) is 0 Å². The van der Waals surface area contributed by atoms with Gasteiger partial charge < -0.3 is 4.90 Å². The summed E-state index contributed by atoms with van der Waals surface area (Å²) >= 11 is 12.4. The summed E-state index contributed by atoms with van der Waals surface area (Å²) in [5.74, 6) is -0.357. The van der Waals surface area contributed by atoms with Gasteiger partial charge >= 0.3 is 0 Å². The molecule has 0 fully saturated rings. The van der Waals surface area contributed by atoms with Crippen molar-refractivity contribution in [1.82, 2.24) is 4.90 Å². The van der Waals surface area contributed by atoms with E-state index in [0.29, 0.717) is 27.2 Å². The lowest BCUT2D eigenvalue weighted by atomic mass is 10.0. The topological polar surface area (TPSA) is 20.3 Å². The highest BCUT2D eigenvalue weighted by Gasteiger charge is 2.31. The van der Waals surface area contributed by atoms with Crippen molar-refractivity contribution < 1.29 is 13.6 Å². The first-order chi connectivity index (χ1) is 9.40. The fourth-order valence-corrected chi connectivity index (χ4v) is 3.31. The van der Waals surface area contributed by atoms with Gasteiger partial charge in [0.25, 0.3) is 6.43 Å². The number of rotatable bonds is 3. The van der Waals surface area contributed by atoms with E-state index in [1.807, 2.05) is 0 Å².